The van der Waals surface area contributed by atoms with Gasteiger partial charge in [-0.05, 0) is 31.0 Å². The van der Waals surface area contributed by atoms with Crippen LogP contribution in [0.1, 0.15) is 24.7 Å². The van der Waals surface area contributed by atoms with Gasteiger partial charge in [-0.2, -0.15) is 0 Å². The summed E-state index contributed by atoms with van der Waals surface area (Å²) >= 11 is 0. The zero-order valence-electron chi connectivity index (χ0n) is 16.0. The van der Waals surface area contributed by atoms with Crippen LogP contribution in [-0.2, 0) is 13.1 Å². The van der Waals surface area contributed by atoms with Crippen LogP contribution in [0.25, 0.3) is 0 Å². The van der Waals surface area contributed by atoms with Crippen LogP contribution in [0, 0.1) is 5.41 Å². The minimum atomic E-state index is -0.0463. The number of hydrogen-bond donors (Lipinski definition) is 1. The molecule has 0 bridgehead atoms. The van der Waals surface area contributed by atoms with E-state index in [-0.39, 0.29) is 11.4 Å². The van der Waals surface area contributed by atoms with Gasteiger partial charge in [0, 0.05) is 39.1 Å². The molecule has 2 amide bonds. The van der Waals surface area contributed by atoms with Crippen molar-refractivity contribution in [2.24, 2.45) is 5.41 Å². The first-order valence-electron chi connectivity index (χ1n) is 9.17. The van der Waals surface area contributed by atoms with Gasteiger partial charge in [-0.15, -0.1) is 0 Å². The van der Waals surface area contributed by atoms with Crippen LogP contribution in [0.4, 0.5) is 4.79 Å². The number of amides is 2. The van der Waals surface area contributed by atoms with Crippen molar-refractivity contribution in [1.82, 2.24) is 24.7 Å². The Balaban J connectivity index is 1.54. The molecule has 26 heavy (non-hydrogen) atoms. The fraction of sp³-hybridized carbons (Fsp3) is 0.500. The SMILES string of the molecule is CN1CC[C@](C)(CNC(=O)N(C)Cc2nccn2Cc2ccccc2)C1. The largest absolute Gasteiger partial charge is 0.337 e. The average molecular weight is 355 g/mol. The summed E-state index contributed by atoms with van der Waals surface area (Å²) in [7, 11) is 3.95. The summed E-state index contributed by atoms with van der Waals surface area (Å²) < 4.78 is 2.09. The number of likely N-dealkylation sites (tertiary alicyclic amines) is 1. The third-order valence-corrected chi connectivity index (χ3v) is 5.14. The summed E-state index contributed by atoms with van der Waals surface area (Å²) in [6, 6.07) is 10.2. The summed E-state index contributed by atoms with van der Waals surface area (Å²) in [6.07, 6.45) is 4.87. The van der Waals surface area contributed by atoms with Gasteiger partial charge in [0.1, 0.15) is 5.82 Å². The van der Waals surface area contributed by atoms with Crippen LogP contribution in [0.2, 0.25) is 0 Å². The van der Waals surface area contributed by atoms with Crippen molar-refractivity contribution in [3.8, 4) is 0 Å². The minimum Gasteiger partial charge on any atom is -0.337 e. The number of carbonyl (C=O) groups excluding carboxylic acids is 1. The maximum absolute atomic E-state index is 12.5. The summed E-state index contributed by atoms with van der Waals surface area (Å²) in [5.74, 6) is 0.887. The first-order chi connectivity index (χ1) is 12.5. The first-order valence-corrected chi connectivity index (χ1v) is 9.17. The van der Waals surface area contributed by atoms with Gasteiger partial charge in [-0.3, -0.25) is 0 Å². The summed E-state index contributed by atoms with van der Waals surface area (Å²) in [5.41, 5.74) is 1.38. The van der Waals surface area contributed by atoms with Crippen molar-refractivity contribution < 1.29 is 4.79 Å². The zero-order chi connectivity index (χ0) is 18.6. The molecule has 1 N–H and O–H groups in total. The third kappa shape index (κ3) is 4.64. The molecular formula is C20H29N5O. The second-order valence-corrected chi connectivity index (χ2v) is 7.77. The Morgan fingerprint density at radius 3 is 2.81 bits per heavy atom. The lowest BCUT2D eigenvalue weighted by Gasteiger charge is -2.26. The summed E-state index contributed by atoms with van der Waals surface area (Å²) in [4.78, 5) is 20.9. The summed E-state index contributed by atoms with van der Waals surface area (Å²) in [6.45, 7) is 6.32. The quantitative estimate of drug-likeness (QED) is 0.866. The molecule has 0 radical (unpaired) electrons. The van der Waals surface area contributed by atoms with Crippen LogP contribution in [-0.4, -0.2) is 59.1 Å². The van der Waals surface area contributed by atoms with Crippen molar-refractivity contribution in [3.63, 3.8) is 0 Å². The monoisotopic (exact) mass is 355 g/mol. The number of benzene rings is 1. The molecule has 1 aliphatic rings. The fourth-order valence-corrected chi connectivity index (χ4v) is 3.54. The lowest BCUT2D eigenvalue weighted by atomic mass is 9.90. The number of rotatable bonds is 6. The molecular weight excluding hydrogens is 326 g/mol. The van der Waals surface area contributed by atoms with E-state index in [9.17, 15) is 4.79 Å². The maximum atomic E-state index is 12.5. The Hall–Kier alpha value is -2.34. The van der Waals surface area contributed by atoms with Gasteiger partial charge in [0.2, 0.25) is 0 Å². The minimum absolute atomic E-state index is 0.0463. The zero-order valence-corrected chi connectivity index (χ0v) is 16.0. The smallest absolute Gasteiger partial charge is 0.317 e. The van der Waals surface area contributed by atoms with Gasteiger partial charge in [0.15, 0.2) is 0 Å². The second kappa shape index (κ2) is 7.91. The van der Waals surface area contributed by atoms with Gasteiger partial charge < -0.3 is 19.7 Å². The number of nitrogens with zero attached hydrogens (tertiary/aromatic N) is 4. The maximum Gasteiger partial charge on any atom is 0.317 e. The molecule has 0 saturated carbocycles. The van der Waals surface area contributed by atoms with Crippen molar-refractivity contribution >= 4 is 6.03 Å². The average Bonchev–Trinajstić information content (AvgIpc) is 3.20. The van der Waals surface area contributed by atoms with Gasteiger partial charge in [-0.1, -0.05) is 37.3 Å². The van der Waals surface area contributed by atoms with E-state index in [1.807, 2.05) is 31.4 Å². The van der Waals surface area contributed by atoms with Crippen molar-refractivity contribution in [2.75, 3.05) is 33.7 Å². The second-order valence-electron chi connectivity index (χ2n) is 7.77. The normalized spacial score (nSPS) is 20.3. The van der Waals surface area contributed by atoms with E-state index >= 15 is 0 Å². The molecule has 1 fully saturated rings. The molecule has 140 valence electrons. The molecule has 3 rings (SSSR count). The summed E-state index contributed by atoms with van der Waals surface area (Å²) in [5, 5.41) is 3.09. The van der Waals surface area contributed by atoms with Gasteiger partial charge in [-0.25, -0.2) is 9.78 Å². The number of nitrogens with one attached hydrogen (secondary N) is 1. The standard InChI is InChI=1S/C20H29N5O/c1-20(9-11-23(2)16-20)15-22-19(26)24(3)14-18-21-10-12-25(18)13-17-7-5-4-6-8-17/h4-8,10,12H,9,11,13-16H2,1-3H3,(H,22,26)/t20-/m1/s1. The Labute approximate surface area is 155 Å². The van der Waals surface area contributed by atoms with Gasteiger partial charge in [0.05, 0.1) is 6.54 Å². The highest BCUT2D eigenvalue weighted by Gasteiger charge is 2.32. The topological polar surface area (TPSA) is 53.4 Å². The van der Waals surface area contributed by atoms with E-state index in [1.54, 1.807) is 11.1 Å². The molecule has 1 aliphatic heterocycles. The molecule has 6 heteroatoms. The molecule has 0 unspecified atom stereocenters. The Morgan fingerprint density at radius 2 is 2.12 bits per heavy atom. The van der Waals surface area contributed by atoms with E-state index in [4.69, 9.17) is 0 Å². The molecule has 1 aromatic heterocycles. The van der Waals surface area contributed by atoms with Crippen molar-refractivity contribution in [1.29, 1.82) is 0 Å². The van der Waals surface area contributed by atoms with Crippen LogP contribution < -0.4 is 5.32 Å². The molecule has 2 heterocycles. The highest BCUT2D eigenvalue weighted by molar-refractivity contribution is 5.73. The Bertz CT molecular complexity index is 729. The van der Waals surface area contributed by atoms with Crippen LogP contribution in [0.15, 0.2) is 42.7 Å². The first kappa shape index (κ1) is 18.5. The van der Waals surface area contributed by atoms with E-state index in [2.05, 4.69) is 45.9 Å². The third-order valence-electron chi connectivity index (χ3n) is 5.14. The molecule has 1 atom stereocenters. The molecule has 0 spiro atoms. The highest BCUT2D eigenvalue weighted by atomic mass is 16.2. The lowest BCUT2D eigenvalue weighted by molar-refractivity contribution is 0.197. The van der Waals surface area contributed by atoms with E-state index in [0.717, 1.165) is 31.9 Å². The Kier molecular flexibility index (Phi) is 5.61. The van der Waals surface area contributed by atoms with Crippen molar-refractivity contribution in [2.45, 2.75) is 26.4 Å². The number of imidazole rings is 1. The molecule has 2 aromatic rings. The molecule has 1 saturated heterocycles. The van der Waals surface area contributed by atoms with Gasteiger partial charge >= 0.3 is 6.03 Å². The number of urea groups is 1. The predicted molar refractivity (Wildman–Crippen MR) is 103 cm³/mol. The molecule has 1 aromatic carbocycles. The van der Waals surface area contributed by atoms with Gasteiger partial charge in [0.25, 0.3) is 0 Å². The van der Waals surface area contributed by atoms with E-state index < -0.39 is 0 Å². The van der Waals surface area contributed by atoms with E-state index in [1.165, 1.54) is 5.56 Å². The van der Waals surface area contributed by atoms with Crippen LogP contribution in [0.3, 0.4) is 0 Å². The van der Waals surface area contributed by atoms with Crippen LogP contribution >= 0.6 is 0 Å². The van der Waals surface area contributed by atoms with E-state index in [0.29, 0.717) is 13.1 Å². The number of hydrogen-bond acceptors (Lipinski definition) is 3. The fourth-order valence-electron chi connectivity index (χ4n) is 3.54. The van der Waals surface area contributed by atoms with Crippen LogP contribution in [0.5, 0.6) is 0 Å². The highest BCUT2D eigenvalue weighted by Crippen LogP contribution is 2.27. The molecule has 0 aliphatic carbocycles. The number of carbonyl (C=O) groups is 1. The lowest BCUT2D eigenvalue weighted by Crippen LogP contribution is -2.43. The van der Waals surface area contributed by atoms with Crippen molar-refractivity contribution in [3.05, 3.63) is 54.1 Å². The Morgan fingerprint density at radius 1 is 1.35 bits per heavy atom. The molecule has 6 nitrogen and oxygen atoms in total. The predicted octanol–water partition coefficient (Wildman–Crippen LogP) is 2.41. The number of aromatic nitrogens is 2.